The van der Waals surface area contributed by atoms with Crippen LogP contribution >= 0.6 is 0 Å². The second kappa shape index (κ2) is 4.30. The van der Waals surface area contributed by atoms with Crippen LogP contribution in [0, 0.1) is 0 Å². The minimum absolute atomic E-state index is 0.00471. The summed E-state index contributed by atoms with van der Waals surface area (Å²) in [6.07, 6.45) is 6.42. The first-order valence-electron chi connectivity index (χ1n) is 5.25. The molecule has 2 heterocycles. The Kier molecular flexibility index (Phi) is 2.85. The summed E-state index contributed by atoms with van der Waals surface area (Å²) in [4.78, 5) is 4.07. The third kappa shape index (κ3) is 2.03. The van der Waals surface area contributed by atoms with Crippen molar-refractivity contribution in [1.29, 1.82) is 0 Å². The third-order valence-corrected chi connectivity index (χ3v) is 2.69. The van der Waals surface area contributed by atoms with Crippen LogP contribution in [0.2, 0.25) is 0 Å². The summed E-state index contributed by atoms with van der Waals surface area (Å²) >= 11 is 0. The van der Waals surface area contributed by atoms with Crippen LogP contribution in [0.15, 0.2) is 22.8 Å². The van der Waals surface area contributed by atoms with Gasteiger partial charge in [-0.25, -0.2) is 0 Å². The Labute approximate surface area is 93.5 Å². The zero-order chi connectivity index (χ0) is 11.5. The van der Waals surface area contributed by atoms with Crippen LogP contribution < -0.4 is 5.73 Å². The normalized spacial score (nSPS) is 15.1. The molecule has 86 valence electrons. The molecule has 0 radical (unpaired) electrons. The van der Waals surface area contributed by atoms with Gasteiger partial charge in [0.05, 0.1) is 5.69 Å². The Balaban J connectivity index is 2.04. The van der Waals surface area contributed by atoms with E-state index in [0.717, 1.165) is 19.3 Å². The van der Waals surface area contributed by atoms with Crippen molar-refractivity contribution < 1.29 is 10.2 Å². The number of hydrogen-bond acceptors (Lipinski definition) is 4. The maximum absolute atomic E-state index is 9.58. The molecule has 1 aliphatic rings. The second-order valence-electron chi connectivity index (χ2n) is 3.84. The summed E-state index contributed by atoms with van der Waals surface area (Å²) in [7, 11) is 0. The van der Waals surface area contributed by atoms with Crippen LogP contribution in [0.25, 0.3) is 0 Å². The summed E-state index contributed by atoms with van der Waals surface area (Å²) in [5.74, 6) is -0.0766. The van der Waals surface area contributed by atoms with Crippen molar-refractivity contribution in [3.63, 3.8) is 0 Å². The highest BCUT2D eigenvalue weighted by molar-refractivity contribution is 5.60. The van der Waals surface area contributed by atoms with Gasteiger partial charge in [-0.1, -0.05) is 0 Å². The molecule has 1 aliphatic heterocycles. The lowest BCUT2D eigenvalue weighted by Gasteiger charge is -2.10. The van der Waals surface area contributed by atoms with E-state index in [1.165, 1.54) is 16.2 Å². The maximum atomic E-state index is 9.58. The number of allylic oxidation sites excluding steroid dienone is 1. The predicted octanol–water partition coefficient (Wildman–Crippen LogP) is 1.62. The molecule has 0 saturated heterocycles. The summed E-state index contributed by atoms with van der Waals surface area (Å²) < 4.78 is 1.40. The predicted molar refractivity (Wildman–Crippen MR) is 62.6 cm³/mol. The highest BCUT2D eigenvalue weighted by atomic mass is 16.3. The number of rotatable bonds is 3. The molecule has 5 nitrogen and oxygen atoms in total. The van der Waals surface area contributed by atoms with Gasteiger partial charge in [-0.05, 0) is 24.8 Å². The van der Waals surface area contributed by atoms with Crippen molar-refractivity contribution in [3.05, 3.63) is 17.8 Å². The molecule has 1 aromatic heterocycles. The first kappa shape index (κ1) is 10.6. The van der Waals surface area contributed by atoms with Gasteiger partial charge in [-0.2, -0.15) is 0 Å². The zero-order valence-electron chi connectivity index (χ0n) is 8.93. The third-order valence-electron chi connectivity index (χ3n) is 2.69. The zero-order valence-corrected chi connectivity index (χ0v) is 8.93. The lowest BCUT2D eigenvalue weighted by atomic mass is 10.1. The van der Waals surface area contributed by atoms with Crippen molar-refractivity contribution in [2.75, 3.05) is 5.73 Å². The van der Waals surface area contributed by atoms with Crippen molar-refractivity contribution in [1.82, 2.24) is 4.57 Å². The van der Waals surface area contributed by atoms with Gasteiger partial charge in [0.25, 0.3) is 0 Å². The molecule has 2 rings (SSSR count). The summed E-state index contributed by atoms with van der Waals surface area (Å²) in [5.41, 5.74) is 6.90. The van der Waals surface area contributed by atoms with Gasteiger partial charge in [0.2, 0.25) is 5.88 Å². The van der Waals surface area contributed by atoms with Crippen molar-refractivity contribution in [2.45, 2.75) is 25.8 Å². The number of aliphatic imine (C=N–C) groups is 1. The Morgan fingerprint density at radius 2 is 2.25 bits per heavy atom. The summed E-state index contributed by atoms with van der Waals surface area (Å²) in [6.45, 7) is 0.510. The van der Waals surface area contributed by atoms with Gasteiger partial charge in [-0.15, -0.1) is 0 Å². The van der Waals surface area contributed by atoms with Crippen LogP contribution in [-0.4, -0.2) is 21.0 Å². The number of hydrogen-bond donors (Lipinski definition) is 3. The number of nitrogens with zero attached hydrogens (tertiary/aromatic N) is 2. The van der Waals surface area contributed by atoms with E-state index in [1.54, 1.807) is 0 Å². The second-order valence-corrected chi connectivity index (χ2v) is 3.84. The fourth-order valence-electron chi connectivity index (χ4n) is 1.76. The molecule has 4 N–H and O–H groups in total. The molecule has 0 unspecified atom stereocenters. The van der Waals surface area contributed by atoms with E-state index >= 15 is 0 Å². The first-order valence-corrected chi connectivity index (χ1v) is 5.25. The summed E-state index contributed by atoms with van der Waals surface area (Å²) in [5, 5.41) is 19.1. The molecule has 16 heavy (non-hydrogen) atoms. The molecule has 0 saturated carbocycles. The molecule has 0 aromatic carbocycles. The molecular weight excluding hydrogens is 206 g/mol. The van der Waals surface area contributed by atoms with Gasteiger partial charge in [0.15, 0.2) is 5.88 Å². The smallest absolute Gasteiger partial charge is 0.217 e. The molecule has 0 bridgehead atoms. The van der Waals surface area contributed by atoms with Gasteiger partial charge in [0.1, 0.15) is 0 Å². The van der Waals surface area contributed by atoms with Crippen LogP contribution in [0.5, 0.6) is 11.8 Å². The van der Waals surface area contributed by atoms with Gasteiger partial charge < -0.3 is 15.9 Å². The lowest BCUT2D eigenvalue weighted by Crippen LogP contribution is -2.00. The number of aromatic nitrogens is 1. The van der Waals surface area contributed by atoms with Crippen molar-refractivity contribution in [2.24, 2.45) is 4.99 Å². The minimum Gasteiger partial charge on any atom is -0.494 e. The Morgan fingerprint density at radius 3 is 2.81 bits per heavy atom. The number of anilines is 1. The molecule has 0 spiro atoms. The molecule has 0 fully saturated rings. The Hall–Kier alpha value is -1.91. The SMILES string of the molecule is Nc1cc(O)n(CCC2=CN=CCC2)c1O. The average Bonchev–Trinajstić information content (AvgIpc) is 2.53. The largest absolute Gasteiger partial charge is 0.494 e. The first-order chi connectivity index (χ1) is 7.68. The van der Waals surface area contributed by atoms with Gasteiger partial charge in [0, 0.05) is 25.0 Å². The standard InChI is InChI=1S/C11H15N3O2/c12-9-6-10(15)14(11(9)16)5-3-8-2-1-4-13-7-8/h4,6-7,15-16H,1-3,5,12H2. The molecule has 0 amide bonds. The highest BCUT2D eigenvalue weighted by Crippen LogP contribution is 2.30. The maximum Gasteiger partial charge on any atom is 0.217 e. The fourth-order valence-corrected chi connectivity index (χ4v) is 1.76. The number of aromatic hydroxyl groups is 2. The summed E-state index contributed by atoms with van der Waals surface area (Å²) in [6, 6.07) is 1.35. The van der Waals surface area contributed by atoms with E-state index in [-0.39, 0.29) is 17.4 Å². The van der Waals surface area contributed by atoms with Crippen LogP contribution in [-0.2, 0) is 6.54 Å². The van der Waals surface area contributed by atoms with E-state index in [4.69, 9.17) is 5.73 Å². The van der Waals surface area contributed by atoms with E-state index in [2.05, 4.69) is 4.99 Å². The van der Waals surface area contributed by atoms with Crippen LogP contribution in [0.3, 0.4) is 0 Å². The van der Waals surface area contributed by atoms with E-state index in [1.807, 2.05) is 12.4 Å². The van der Waals surface area contributed by atoms with Crippen LogP contribution in [0.1, 0.15) is 19.3 Å². The number of nitrogen functional groups attached to an aromatic ring is 1. The monoisotopic (exact) mass is 221 g/mol. The van der Waals surface area contributed by atoms with Crippen LogP contribution in [0.4, 0.5) is 5.69 Å². The average molecular weight is 221 g/mol. The quantitative estimate of drug-likeness (QED) is 0.725. The number of nitrogens with two attached hydrogens (primary N) is 1. The molecule has 1 aromatic rings. The van der Waals surface area contributed by atoms with Crippen molar-refractivity contribution >= 4 is 11.9 Å². The molecule has 0 atom stereocenters. The van der Waals surface area contributed by atoms with E-state index in [9.17, 15) is 10.2 Å². The van der Waals surface area contributed by atoms with Crippen molar-refractivity contribution in [3.8, 4) is 11.8 Å². The lowest BCUT2D eigenvalue weighted by molar-refractivity contribution is 0.368. The Bertz CT molecular complexity index is 446. The minimum atomic E-state index is -0.0718. The van der Waals surface area contributed by atoms with Gasteiger partial charge in [-0.3, -0.25) is 9.56 Å². The van der Waals surface area contributed by atoms with Gasteiger partial charge >= 0.3 is 0 Å². The van der Waals surface area contributed by atoms with E-state index in [0.29, 0.717) is 6.54 Å². The topological polar surface area (TPSA) is 83.8 Å². The van der Waals surface area contributed by atoms with E-state index < -0.39 is 0 Å². The highest BCUT2D eigenvalue weighted by Gasteiger charge is 2.11. The molecule has 0 aliphatic carbocycles. The molecule has 5 heteroatoms. The fraction of sp³-hybridized carbons (Fsp3) is 0.364. The molecular formula is C11H15N3O2. The Morgan fingerprint density at radius 1 is 1.44 bits per heavy atom.